The topological polar surface area (TPSA) is 46.5 Å². The monoisotopic (exact) mass is 576 g/mol. The lowest BCUT2D eigenvalue weighted by atomic mass is 9.98. The van der Waals surface area contributed by atoms with Crippen molar-refractivity contribution in [1.82, 2.24) is 0 Å². The van der Waals surface area contributed by atoms with Crippen LogP contribution in [-0.4, -0.2) is 11.3 Å². The summed E-state index contributed by atoms with van der Waals surface area (Å²) in [7, 11) is -2.61. The van der Waals surface area contributed by atoms with Gasteiger partial charge in [0.05, 0.1) is 0 Å². The first-order valence-corrected chi connectivity index (χ1v) is 15.7. The maximum Gasteiger partial charge on any atom is 0.517 e. The minimum atomic E-state index is -2.61. The van der Waals surface area contributed by atoms with E-state index in [4.69, 9.17) is 4.18 Å². The predicted molar refractivity (Wildman–Crippen MR) is 177 cm³/mol. The summed E-state index contributed by atoms with van der Waals surface area (Å²) in [6.07, 6.45) is -1.31. The van der Waals surface area contributed by atoms with Gasteiger partial charge in [-0.3, -0.25) is 0 Å². The lowest BCUT2D eigenvalue weighted by Crippen LogP contribution is -2.12. The fourth-order valence-electron chi connectivity index (χ4n) is 5.88. The summed E-state index contributed by atoms with van der Waals surface area (Å²) in [6.45, 7) is 0. The van der Waals surface area contributed by atoms with Gasteiger partial charge in [-0.1, -0.05) is 127 Å². The lowest BCUT2D eigenvalue weighted by molar-refractivity contribution is 0.150. The fraction of sp³-hybridized carbons (Fsp3) is 0. The Kier molecular flexibility index (Phi) is 6.90. The first kappa shape index (κ1) is 26.6. The van der Waals surface area contributed by atoms with Gasteiger partial charge in [0.1, 0.15) is 0 Å². The summed E-state index contributed by atoms with van der Waals surface area (Å²) in [6, 6.07) is 55.3. The van der Waals surface area contributed by atoms with Crippen LogP contribution in [0.3, 0.4) is 0 Å². The average molecular weight is 577 g/mol. The molecule has 0 saturated heterocycles. The maximum absolute atomic E-state index is 12.4. The second-order valence-electron chi connectivity index (χ2n) is 10.3. The summed E-state index contributed by atoms with van der Waals surface area (Å²) in [5.41, 5.74) is 4.37. The molecule has 7 aromatic carbocycles. The molecule has 7 rings (SSSR count). The van der Waals surface area contributed by atoms with Crippen LogP contribution in [0, 0.1) is 0 Å². The molecule has 0 aliphatic carbocycles. The molecule has 4 heteroatoms. The van der Waals surface area contributed by atoms with Gasteiger partial charge in [-0.15, -0.1) is 0 Å². The van der Waals surface area contributed by atoms with E-state index >= 15 is 0 Å². The van der Waals surface area contributed by atoms with E-state index in [1.807, 2.05) is 78.9 Å². The van der Waals surface area contributed by atoms with Crippen LogP contribution in [0.2, 0.25) is 0 Å². The van der Waals surface area contributed by atoms with Gasteiger partial charge in [-0.05, 0) is 90.5 Å². The van der Waals surface area contributed by atoms with Gasteiger partial charge in [-0.2, -0.15) is 0 Å². The van der Waals surface area contributed by atoms with Crippen LogP contribution in [0.1, 0.15) is 0 Å². The van der Waals surface area contributed by atoms with Gasteiger partial charge in [0.25, 0.3) is 0 Å². The predicted octanol–water partition coefficient (Wildman–Crippen LogP) is 11.2. The van der Waals surface area contributed by atoms with E-state index in [1.165, 1.54) is 21.5 Å². The van der Waals surface area contributed by atoms with E-state index in [2.05, 4.69) is 84.9 Å². The zero-order valence-electron chi connectivity index (χ0n) is 23.3. The molecule has 0 fully saturated rings. The van der Waals surface area contributed by atoms with Crippen LogP contribution < -0.4 is 0 Å². The van der Waals surface area contributed by atoms with E-state index in [0.717, 1.165) is 36.9 Å². The third kappa shape index (κ3) is 4.82. The van der Waals surface area contributed by atoms with Gasteiger partial charge in [0.15, 0.2) is 0 Å². The highest BCUT2D eigenvalue weighted by Crippen LogP contribution is 2.69. The van der Waals surface area contributed by atoms with Crippen molar-refractivity contribution < 1.29 is 14.1 Å². The number of carbonyl (C=O) groups is 1. The van der Waals surface area contributed by atoms with Crippen molar-refractivity contribution in [1.29, 1.82) is 0 Å². The standard InChI is InChI=1S/C39H28O3S/c40-39(41)42-43(32-14-2-1-3-15-32,33-24-20-30(21-25-33)37-18-8-12-28-10-4-6-16-35(28)37)34-26-22-31(23-27-34)38-19-9-13-29-11-5-7-17-36(29)38/h1-27H,(H,40,41). The van der Waals surface area contributed by atoms with Crippen LogP contribution in [0.5, 0.6) is 0 Å². The number of hydrogen-bond acceptors (Lipinski definition) is 2. The second-order valence-corrected chi connectivity index (χ2v) is 13.0. The van der Waals surface area contributed by atoms with Crippen LogP contribution in [0.25, 0.3) is 43.8 Å². The van der Waals surface area contributed by atoms with Crippen molar-refractivity contribution >= 4 is 38.0 Å². The highest BCUT2D eigenvalue weighted by molar-refractivity contribution is 8.30. The molecule has 0 unspecified atom stereocenters. The van der Waals surface area contributed by atoms with Crippen molar-refractivity contribution in [3.8, 4) is 22.3 Å². The van der Waals surface area contributed by atoms with Gasteiger partial charge in [0, 0.05) is 14.7 Å². The Morgan fingerprint density at radius 2 is 0.837 bits per heavy atom. The largest absolute Gasteiger partial charge is 0.517 e. The van der Waals surface area contributed by atoms with Crippen LogP contribution in [0.4, 0.5) is 4.79 Å². The van der Waals surface area contributed by atoms with E-state index < -0.39 is 16.5 Å². The van der Waals surface area contributed by atoms with E-state index in [1.54, 1.807) is 0 Å². The zero-order chi connectivity index (χ0) is 29.2. The third-order valence-electron chi connectivity index (χ3n) is 7.85. The smallest absolute Gasteiger partial charge is 0.449 e. The van der Waals surface area contributed by atoms with Crippen molar-refractivity contribution in [3.63, 3.8) is 0 Å². The summed E-state index contributed by atoms with van der Waals surface area (Å²) >= 11 is 0. The Labute approximate surface area is 252 Å². The van der Waals surface area contributed by atoms with Crippen LogP contribution >= 0.6 is 10.3 Å². The highest BCUT2D eigenvalue weighted by Gasteiger charge is 2.36. The number of rotatable bonds is 6. The Balaban J connectivity index is 1.38. The molecule has 0 amide bonds. The molecule has 0 aromatic heterocycles. The number of carboxylic acid groups (broad SMARTS) is 1. The lowest BCUT2D eigenvalue weighted by Gasteiger charge is -2.38. The first-order valence-electron chi connectivity index (χ1n) is 14.1. The van der Waals surface area contributed by atoms with Crippen molar-refractivity contribution in [2.24, 2.45) is 0 Å². The van der Waals surface area contributed by atoms with Gasteiger partial charge in [0.2, 0.25) is 0 Å². The number of fused-ring (bicyclic) bond motifs is 2. The maximum atomic E-state index is 12.4. The number of benzene rings is 7. The summed E-state index contributed by atoms with van der Waals surface area (Å²) in [4.78, 5) is 14.8. The van der Waals surface area contributed by atoms with Gasteiger partial charge < -0.3 is 9.29 Å². The Morgan fingerprint density at radius 1 is 0.442 bits per heavy atom. The van der Waals surface area contributed by atoms with Crippen molar-refractivity contribution in [3.05, 3.63) is 164 Å². The SMILES string of the molecule is O=C(O)OS(c1ccccc1)(c1ccc(-c2cccc3ccccc23)cc1)c1ccc(-c2cccc3ccccc23)cc1. The van der Waals surface area contributed by atoms with Gasteiger partial charge in [-0.25, -0.2) is 4.79 Å². The summed E-state index contributed by atoms with van der Waals surface area (Å²) in [5.74, 6) is 0. The molecule has 0 heterocycles. The van der Waals surface area contributed by atoms with Crippen LogP contribution in [0.15, 0.2) is 178 Å². The summed E-state index contributed by atoms with van der Waals surface area (Å²) in [5, 5.41) is 14.8. The van der Waals surface area contributed by atoms with Crippen LogP contribution in [-0.2, 0) is 4.18 Å². The minimum Gasteiger partial charge on any atom is -0.449 e. The molecule has 7 aromatic rings. The van der Waals surface area contributed by atoms with Gasteiger partial charge >= 0.3 is 6.16 Å². The molecule has 0 aliphatic heterocycles. The fourth-order valence-corrected chi connectivity index (χ4v) is 8.78. The number of hydrogen-bond donors (Lipinski definition) is 1. The van der Waals surface area contributed by atoms with Crippen molar-refractivity contribution in [2.45, 2.75) is 14.7 Å². The Morgan fingerprint density at radius 3 is 1.30 bits per heavy atom. The molecule has 43 heavy (non-hydrogen) atoms. The minimum absolute atomic E-state index is 0.808. The molecule has 0 bridgehead atoms. The van der Waals surface area contributed by atoms with Crippen molar-refractivity contribution in [2.75, 3.05) is 0 Å². The molecule has 0 atom stereocenters. The molecule has 0 spiro atoms. The Bertz CT molecular complexity index is 1930. The molecule has 0 saturated carbocycles. The van der Waals surface area contributed by atoms with E-state index in [9.17, 15) is 9.90 Å². The highest BCUT2D eigenvalue weighted by atomic mass is 32.3. The molecule has 208 valence electrons. The molecular weight excluding hydrogens is 548 g/mol. The zero-order valence-corrected chi connectivity index (χ0v) is 24.1. The molecular formula is C39H28O3S. The van der Waals surface area contributed by atoms with E-state index in [0.29, 0.717) is 0 Å². The first-order chi connectivity index (χ1) is 21.1. The second kappa shape index (κ2) is 11.2. The molecule has 3 nitrogen and oxygen atoms in total. The average Bonchev–Trinajstić information content (AvgIpc) is 3.07. The third-order valence-corrected chi connectivity index (χ3v) is 11.0. The Hall–Kier alpha value is -5.32. The summed E-state index contributed by atoms with van der Waals surface area (Å²) < 4.78 is 6.03. The molecule has 1 N–H and O–H groups in total. The van der Waals surface area contributed by atoms with E-state index in [-0.39, 0.29) is 0 Å². The molecule has 0 aliphatic rings. The normalized spacial score (nSPS) is 11.8. The molecule has 0 radical (unpaired) electrons. The quantitative estimate of drug-likeness (QED) is 0.214.